The van der Waals surface area contributed by atoms with Gasteiger partial charge < -0.3 is 10.1 Å². The highest BCUT2D eigenvalue weighted by Crippen LogP contribution is 2.34. The van der Waals surface area contributed by atoms with E-state index in [0.717, 1.165) is 19.6 Å². The van der Waals surface area contributed by atoms with Crippen LogP contribution in [0.1, 0.15) is 32.8 Å². The van der Waals surface area contributed by atoms with Crippen molar-refractivity contribution in [2.24, 2.45) is 11.3 Å². The summed E-state index contributed by atoms with van der Waals surface area (Å²) in [7, 11) is 0. The fourth-order valence-electron chi connectivity index (χ4n) is 2.66. The summed E-state index contributed by atoms with van der Waals surface area (Å²) in [5.41, 5.74) is 0.735. The van der Waals surface area contributed by atoms with E-state index >= 15 is 0 Å². The van der Waals surface area contributed by atoms with Crippen LogP contribution in [0.3, 0.4) is 0 Å². The van der Waals surface area contributed by atoms with Crippen molar-refractivity contribution < 1.29 is 4.74 Å². The van der Waals surface area contributed by atoms with Crippen molar-refractivity contribution in [3.8, 4) is 6.07 Å². The third-order valence-corrected chi connectivity index (χ3v) is 3.53. The minimum absolute atomic E-state index is 0.144. The summed E-state index contributed by atoms with van der Waals surface area (Å²) in [4.78, 5) is 4.22. The Morgan fingerprint density at radius 1 is 1.53 bits per heavy atom. The molecule has 0 unspecified atom stereocenters. The van der Waals surface area contributed by atoms with Crippen LogP contribution in [-0.2, 0) is 4.74 Å². The Balaban J connectivity index is 2.01. The van der Waals surface area contributed by atoms with Crippen molar-refractivity contribution in [2.75, 3.05) is 18.5 Å². The second-order valence-electron chi connectivity index (χ2n) is 6.10. The Morgan fingerprint density at radius 3 is 3.00 bits per heavy atom. The molecule has 19 heavy (non-hydrogen) atoms. The van der Waals surface area contributed by atoms with Gasteiger partial charge in [0.15, 0.2) is 0 Å². The van der Waals surface area contributed by atoms with Gasteiger partial charge in [-0.1, -0.05) is 20.8 Å². The van der Waals surface area contributed by atoms with Gasteiger partial charge in [-0.25, -0.2) is 4.98 Å². The summed E-state index contributed by atoms with van der Waals surface area (Å²) < 4.78 is 5.85. The smallest absolute Gasteiger partial charge is 0.143 e. The molecule has 0 spiro atoms. The minimum Gasteiger partial charge on any atom is -0.377 e. The van der Waals surface area contributed by atoms with Crippen LogP contribution in [0.5, 0.6) is 0 Å². The predicted molar refractivity (Wildman–Crippen MR) is 74.7 cm³/mol. The number of nitrogens with zero attached hydrogens (tertiary/aromatic N) is 2. The first kappa shape index (κ1) is 13.8. The van der Waals surface area contributed by atoms with E-state index in [1.54, 1.807) is 18.3 Å². The fourth-order valence-corrected chi connectivity index (χ4v) is 2.66. The average Bonchev–Trinajstić information content (AvgIpc) is 2.85. The van der Waals surface area contributed by atoms with Crippen LogP contribution >= 0.6 is 0 Å². The standard InChI is InChI=1S/C15H21N3O/c1-15(2,3)13-12(6-8-19-13)10-18-14-11(9-16)5-4-7-17-14/h4-5,7,12-13H,6,8,10H2,1-3H3,(H,17,18)/t12-,13+/m1/s1. The molecule has 1 aromatic heterocycles. The van der Waals surface area contributed by atoms with Gasteiger partial charge in [-0.2, -0.15) is 5.26 Å². The van der Waals surface area contributed by atoms with E-state index in [-0.39, 0.29) is 11.5 Å². The summed E-state index contributed by atoms with van der Waals surface area (Å²) in [6.07, 6.45) is 3.02. The van der Waals surface area contributed by atoms with Gasteiger partial charge in [-0.15, -0.1) is 0 Å². The Kier molecular flexibility index (Phi) is 4.06. The highest BCUT2D eigenvalue weighted by atomic mass is 16.5. The maximum atomic E-state index is 9.04. The van der Waals surface area contributed by atoms with Crippen LogP contribution in [0.2, 0.25) is 0 Å². The van der Waals surface area contributed by atoms with Crippen molar-refractivity contribution in [2.45, 2.75) is 33.3 Å². The van der Waals surface area contributed by atoms with Gasteiger partial charge in [-0.3, -0.25) is 0 Å². The number of nitriles is 1. The van der Waals surface area contributed by atoms with Crippen molar-refractivity contribution >= 4 is 5.82 Å². The molecular weight excluding hydrogens is 238 g/mol. The zero-order valence-corrected chi connectivity index (χ0v) is 11.8. The Bertz CT molecular complexity index is 473. The van der Waals surface area contributed by atoms with E-state index in [1.807, 2.05) is 0 Å². The zero-order chi connectivity index (χ0) is 13.9. The third kappa shape index (κ3) is 3.24. The number of rotatable bonds is 3. The van der Waals surface area contributed by atoms with E-state index < -0.39 is 0 Å². The first-order valence-electron chi connectivity index (χ1n) is 6.73. The normalized spacial score (nSPS) is 23.1. The fraction of sp³-hybridized carbons (Fsp3) is 0.600. The molecule has 0 saturated carbocycles. The van der Waals surface area contributed by atoms with Gasteiger partial charge in [0.05, 0.1) is 11.7 Å². The van der Waals surface area contributed by atoms with E-state index in [2.05, 4.69) is 37.1 Å². The highest BCUT2D eigenvalue weighted by Gasteiger charge is 2.37. The number of hydrogen-bond acceptors (Lipinski definition) is 4. The Labute approximate surface area is 114 Å². The lowest BCUT2D eigenvalue weighted by atomic mass is 9.81. The second kappa shape index (κ2) is 5.58. The molecule has 0 amide bonds. The zero-order valence-electron chi connectivity index (χ0n) is 11.8. The molecule has 0 radical (unpaired) electrons. The van der Waals surface area contributed by atoms with Gasteiger partial charge in [-0.05, 0) is 24.0 Å². The van der Waals surface area contributed by atoms with Crippen LogP contribution in [0.4, 0.5) is 5.82 Å². The van der Waals surface area contributed by atoms with E-state index in [0.29, 0.717) is 17.3 Å². The molecule has 1 aliphatic rings. The maximum absolute atomic E-state index is 9.04. The van der Waals surface area contributed by atoms with Crippen molar-refractivity contribution in [1.82, 2.24) is 4.98 Å². The van der Waals surface area contributed by atoms with Gasteiger partial charge >= 0.3 is 0 Å². The Morgan fingerprint density at radius 2 is 2.32 bits per heavy atom. The molecule has 0 aliphatic carbocycles. The molecule has 1 fully saturated rings. The first-order valence-corrected chi connectivity index (χ1v) is 6.73. The molecule has 1 N–H and O–H groups in total. The molecule has 0 aromatic carbocycles. The Hall–Kier alpha value is -1.60. The van der Waals surface area contributed by atoms with Crippen molar-refractivity contribution in [3.63, 3.8) is 0 Å². The molecule has 2 heterocycles. The number of anilines is 1. The first-order chi connectivity index (χ1) is 9.02. The van der Waals surface area contributed by atoms with E-state index in [1.165, 1.54) is 0 Å². The van der Waals surface area contributed by atoms with Crippen LogP contribution in [0, 0.1) is 22.7 Å². The number of ether oxygens (including phenoxy) is 1. The second-order valence-corrected chi connectivity index (χ2v) is 6.10. The molecular formula is C15H21N3O. The van der Waals surface area contributed by atoms with Crippen LogP contribution in [-0.4, -0.2) is 24.2 Å². The van der Waals surface area contributed by atoms with Crippen LogP contribution < -0.4 is 5.32 Å². The molecule has 2 rings (SSSR count). The van der Waals surface area contributed by atoms with Gasteiger partial charge in [0.25, 0.3) is 0 Å². The van der Waals surface area contributed by atoms with Crippen molar-refractivity contribution in [3.05, 3.63) is 23.9 Å². The summed E-state index contributed by atoms with van der Waals surface area (Å²) >= 11 is 0. The number of aromatic nitrogens is 1. The number of hydrogen-bond donors (Lipinski definition) is 1. The molecule has 4 heteroatoms. The summed E-state index contributed by atoms with van der Waals surface area (Å²) in [6, 6.07) is 5.71. The minimum atomic E-state index is 0.144. The molecule has 4 nitrogen and oxygen atoms in total. The third-order valence-electron chi connectivity index (χ3n) is 3.53. The van der Waals surface area contributed by atoms with Crippen LogP contribution in [0.15, 0.2) is 18.3 Å². The lowest BCUT2D eigenvalue weighted by molar-refractivity contribution is 0.00956. The van der Waals surface area contributed by atoms with Gasteiger partial charge in [0, 0.05) is 25.3 Å². The topological polar surface area (TPSA) is 57.9 Å². The lowest BCUT2D eigenvalue weighted by Gasteiger charge is -2.31. The molecule has 2 atom stereocenters. The van der Waals surface area contributed by atoms with E-state index in [4.69, 9.17) is 10.00 Å². The van der Waals surface area contributed by atoms with Crippen LogP contribution in [0.25, 0.3) is 0 Å². The SMILES string of the molecule is CC(C)(C)[C@H]1OCC[C@@H]1CNc1ncccc1C#N. The van der Waals surface area contributed by atoms with Gasteiger partial charge in [0.2, 0.25) is 0 Å². The maximum Gasteiger partial charge on any atom is 0.143 e. The lowest BCUT2D eigenvalue weighted by Crippen LogP contribution is -2.34. The largest absolute Gasteiger partial charge is 0.377 e. The number of pyridine rings is 1. The molecule has 1 aliphatic heterocycles. The van der Waals surface area contributed by atoms with E-state index in [9.17, 15) is 0 Å². The van der Waals surface area contributed by atoms with Crippen molar-refractivity contribution in [1.29, 1.82) is 5.26 Å². The quantitative estimate of drug-likeness (QED) is 0.906. The molecule has 1 aromatic rings. The number of nitrogens with one attached hydrogen (secondary N) is 1. The summed E-state index contributed by atoms with van der Waals surface area (Å²) in [5.74, 6) is 1.14. The predicted octanol–water partition coefficient (Wildman–Crippen LogP) is 2.82. The van der Waals surface area contributed by atoms with Gasteiger partial charge in [0.1, 0.15) is 11.9 Å². The summed E-state index contributed by atoms with van der Waals surface area (Å²) in [5, 5.41) is 12.3. The monoisotopic (exact) mass is 259 g/mol. The average molecular weight is 259 g/mol. The molecule has 0 bridgehead atoms. The highest BCUT2D eigenvalue weighted by molar-refractivity contribution is 5.51. The molecule has 102 valence electrons. The molecule has 1 saturated heterocycles. The summed E-state index contributed by atoms with van der Waals surface area (Å²) in [6.45, 7) is 8.24.